The molecular weight excluding hydrogens is 335 g/mol. The van der Waals surface area contributed by atoms with Gasteiger partial charge in [0.05, 0.1) is 5.56 Å². The predicted octanol–water partition coefficient (Wildman–Crippen LogP) is 4.32. The van der Waals surface area contributed by atoms with Crippen LogP contribution in [0, 0.1) is 6.92 Å². The minimum Gasteiger partial charge on any atom is -0.421 e. The number of carbonyl (C=O) groups is 1. The van der Waals surface area contributed by atoms with Crippen molar-refractivity contribution in [3.05, 3.63) is 65.5 Å². The summed E-state index contributed by atoms with van der Waals surface area (Å²) in [6.07, 6.45) is -4.41. The van der Waals surface area contributed by atoms with E-state index in [0.29, 0.717) is 22.9 Å². The molecule has 1 heterocycles. The van der Waals surface area contributed by atoms with Crippen molar-refractivity contribution in [2.75, 3.05) is 5.32 Å². The fourth-order valence-corrected chi connectivity index (χ4v) is 2.12. The van der Waals surface area contributed by atoms with Crippen LogP contribution in [-0.4, -0.2) is 16.1 Å². The lowest BCUT2D eigenvalue weighted by molar-refractivity contribution is -0.137. The number of anilines is 1. The number of amides is 1. The molecule has 0 aliphatic heterocycles. The van der Waals surface area contributed by atoms with E-state index in [1.165, 1.54) is 12.1 Å². The Hall–Kier alpha value is -3.16. The molecule has 1 amide bonds. The smallest absolute Gasteiger partial charge is 0.416 e. The van der Waals surface area contributed by atoms with E-state index in [9.17, 15) is 18.0 Å². The summed E-state index contributed by atoms with van der Waals surface area (Å²) in [5.41, 5.74) is 0.505. The van der Waals surface area contributed by atoms with Crippen molar-refractivity contribution in [2.24, 2.45) is 0 Å². The molecule has 0 unspecified atom stereocenters. The minimum atomic E-state index is -4.41. The lowest BCUT2D eigenvalue weighted by Gasteiger charge is -2.09. The fourth-order valence-electron chi connectivity index (χ4n) is 2.12. The number of benzene rings is 2. The summed E-state index contributed by atoms with van der Waals surface area (Å²) < 4.78 is 42.9. The Kier molecular flexibility index (Phi) is 4.26. The highest BCUT2D eigenvalue weighted by molar-refractivity contribution is 6.04. The van der Waals surface area contributed by atoms with E-state index < -0.39 is 17.6 Å². The highest BCUT2D eigenvalue weighted by atomic mass is 19.4. The van der Waals surface area contributed by atoms with Crippen molar-refractivity contribution in [1.82, 2.24) is 10.2 Å². The number of nitrogens with one attached hydrogen (secondary N) is 1. The summed E-state index contributed by atoms with van der Waals surface area (Å²) in [5, 5.41) is 10.1. The van der Waals surface area contributed by atoms with Crippen LogP contribution in [0.15, 0.2) is 52.9 Å². The molecule has 0 fully saturated rings. The summed E-state index contributed by atoms with van der Waals surface area (Å²) in [7, 11) is 0. The van der Waals surface area contributed by atoms with Gasteiger partial charge in [0.1, 0.15) is 0 Å². The normalized spacial score (nSPS) is 11.4. The van der Waals surface area contributed by atoms with E-state index in [2.05, 4.69) is 15.5 Å². The van der Waals surface area contributed by atoms with Gasteiger partial charge in [-0.2, -0.15) is 13.2 Å². The van der Waals surface area contributed by atoms with E-state index in [4.69, 9.17) is 4.42 Å². The first-order chi connectivity index (χ1) is 11.8. The van der Waals surface area contributed by atoms with Crippen molar-refractivity contribution in [2.45, 2.75) is 13.1 Å². The van der Waals surface area contributed by atoms with E-state index in [1.54, 1.807) is 31.2 Å². The quantitative estimate of drug-likeness (QED) is 0.766. The second kappa shape index (κ2) is 6.39. The molecule has 1 N–H and O–H groups in total. The molecule has 8 heteroatoms. The largest absolute Gasteiger partial charge is 0.421 e. The van der Waals surface area contributed by atoms with Crippen LogP contribution < -0.4 is 5.32 Å². The SMILES string of the molecule is Cc1nnc(-c2ccc(C(=O)Nc3ccc(C(F)(F)F)cc3)cc2)o1. The first-order valence-corrected chi connectivity index (χ1v) is 7.22. The number of halogens is 3. The zero-order valence-corrected chi connectivity index (χ0v) is 13.0. The molecule has 0 spiro atoms. The standard InChI is InChI=1S/C17H12F3N3O2/c1-10-22-23-16(25-10)12-4-2-11(3-5-12)15(24)21-14-8-6-13(7-9-14)17(18,19)20/h2-9H,1H3,(H,21,24). The zero-order valence-electron chi connectivity index (χ0n) is 13.0. The van der Waals surface area contributed by atoms with E-state index >= 15 is 0 Å². The van der Waals surface area contributed by atoms with Crippen molar-refractivity contribution in [3.63, 3.8) is 0 Å². The average molecular weight is 347 g/mol. The minimum absolute atomic E-state index is 0.273. The summed E-state index contributed by atoms with van der Waals surface area (Å²) in [6.45, 7) is 1.67. The van der Waals surface area contributed by atoms with Gasteiger partial charge in [-0.25, -0.2) is 0 Å². The maximum absolute atomic E-state index is 12.5. The number of hydrogen-bond acceptors (Lipinski definition) is 4. The third kappa shape index (κ3) is 3.85. The Morgan fingerprint density at radius 2 is 1.64 bits per heavy atom. The third-order valence-corrected chi connectivity index (χ3v) is 3.39. The molecular formula is C17H12F3N3O2. The fraction of sp³-hybridized carbons (Fsp3) is 0.118. The molecule has 0 saturated carbocycles. The molecule has 5 nitrogen and oxygen atoms in total. The van der Waals surface area contributed by atoms with Crippen LogP contribution >= 0.6 is 0 Å². The summed E-state index contributed by atoms with van der Waals surface area (Å²) >= 11 is 0. The lowest BCUT2D eigenvalue weighted by atomic mass is 10.1. The van der Waals surface area contributed by atoms with Gasteiger partial charge in [0.25, 0.3) is 5.91 Å². The van der Waals surface area contributed by atoms with Crippen LogP contribution in [0.4, 0.5) is 18.9 Å². The first-order valence-electron chi connectivity index (χ1n) is 7.22. The summed E-state index contributed by atoms with van der Waals surface area (Å²) in [6, 6.07) is 10.7. The average Bonchev–Trinajstić information content (AvgIpc) is 3.01. The van der Waals surface area contributed by atoms with Gasteiger partial charge in [0.2, 0.25) is 11.8 Å². The Morgan fingerprint density at radius 3 is 2.16 bits per heavy atom. The monoisotopic (exact) mass is 347 g/mol. The first kappa shape index (κ1) is 16.7. The molecule has 128 valence electrons. The zero-order chi connectivity index (χ0) is 18.0. The number of hydrogen-bond donors (Lipinski definition) is 1. The number of carbonyl (C=O) groups excluding carboxylic acids is 1. The molecule has 2 aromatic carbocycles. The van der Waals surface area contributed by atoms with Crippen LogP contribution in [0.1, 0.15) is 21.8 Å². The Labute approximate surface area is 140 Å². The molecule has 3 aromatic rings. The van der Waals surface area contributed by atoms with Gasteiger partial charge in [-0.3, -0.25) is 4.79 Å². The number of alkyl halides is 3. The van der Waals surface area contributed by atoms with Crippen LogP contribution in [0.5, 0.6) is 0 Å². The molecule has 0 saturated heterocycles. The van der Waals surface area contributed by atoms with Gasteiger partial charge in [-0.15, -0.1) is 10.2 Å². The summed E-state index contributed by atoms with van der Waals surface area (Å²) in [4.78, 5) is 12.2. The van der Waals surface area contributed by atoms with Gasteiger partial charge >= 0.3 is 6.18 Å². The number of aromatic nitrogens is 2. The third-order valence-electron chi connectivity index (χ3n) is 3.39. The highest BCUT2D eigenvalue weighted by Gasteiger charge is 2.30. The van der Waals surface area contributed by atoms with Crippen LogP contribution in [0.25, 0.3) is 11.5 Å². The summed E-state index contributed by atoms with van der Waals surface area (Å²) in [5.74, 6) is 0.333. The molecule has 3 rings (SSSR count). The molecule has 0 radical (unpaired) electrons. The number of nitrogens with zero attached hydrogens (tertiary/aromatic N) is 2. The molecule has 1 aromatic heterocycles. The van der Waals surface area contributed by atoms with E-state index in [1.807, 2.05) is 0 Å². The van der Waals surface area contributed by atoms with Crippen molar-refractivity contribution in [1.29, 1.82) is 0 Å². The van der Waals surface area contributed by atoms with Crippen molar-refractivity contribution >= 4 is 11.6 Å². The van der Waals surface area contributed by atoms with Gasteiger partial charge in [0.15, 0.2) is 0 Å². The molecule has 25 heavy (non-hydrogen) atoms. The molecule has 0 bridgehead atoms. The maximum atomic E-state index is 12.5. The van der Waals surface area contributed by atoms with E-state index in [0.717, 1.165) is 12.1 Å². The topological polar surface area (TPSA) is 68.0 Å². The van der Waals surface area contributed by atoms with Crippen LogP contribution in [0.3, 0.4) is 0 Å². The van der Waals surface area contributed by atoms with Gasteiger partial charge in [-0.1, -0.05) is 0 Å². The van der Waals surface area contributed by atoms with Gasteiger partial charge < -0.3 is 9.73 Å². The Balaban J connectivity index is 1.71. The lowest BCUT2D eigenvalue weighted by Crippen LogP contribution is -2.12. The number of aryl methyl sites for hydroxylation is 1. The van der Waals surface area contributed by atoms with Crippen molar-refractivity contribution < 1.29 is 22.4 Å². The molecule has 0 aliphatic rings. The Bertz CT molecular complexity index is 885. The van der Waals surface area contributed by atoms with Gasteiger partial charge in [-0.05, 0) is 48.5 Å². The Morgan fingerprint density at radius 1 is 1.00 bits per heavy atom. The van der Waals surface area contributed by atoms with E-state index in [-0.39, 0.29) is 5.69 Å². The predicted molar refractivity (Wildman–Crippen MR) is 83.9 cm³/mol. The maximum Gasteiger partial charge on any atom is 0.416 e. The second-order valence-electron chi connectivity index (χ2n) is 5.23. The second-order valence-corrected chi connectivity index (χ2v) is 5.23. The molecule has 0 aliphatic carbocycles. The van der Waals surface area contributed by atoms with Crippen LogP contribution in [-0.2, 0) is 6.18 Å². The molecule has 0 atom stereocenters. The highest BCUT2D eigenvalue weighted by Crippen LogP contribution is 2.30. The van der Waals surface area contributed by atoms with Crippen LogP contribution in [0.2, 0.25) is 0 Å². The number of rotatable bonds is 3. The van der Waals surface area contributed by atoms with Crippen molar-refractivity contribution in [3.8, 4) is 11.5 Å². The van der Waals surface area contributed by atoms with Gasteiger partial charge in [0, 0.05) is 23.7 Å².